The van der Waals surface area contributed by atoms with Crippen LogP contribution in [0.3, 0.4) is 0 Å². The number of nitrogens with one attached hydrogen (secondary N) is 1. The first kappa shape index (κ1) is 39.2. The van der Waals surface area contributed by atoms with Gasteiger partial charge in [-0.15, -0.1) is 5.92 Å². The van der Waals surface area contributed by atoms with Crippen LogP contribution in [0, 0.1) is 17.8 Å². The molecule has 0 bridgehead atoms. The molecule has 1 heterocycles. The van der Waals surface area contributed by atoms with Crippen molar-refractivity contribution >= 4 is 29.5 Å². The molecule has 1 aliphatic heterocycles. The molecule has 0 saturated carbocycles. The third-order valence-corrected chi connectivity index (χ3v) is 8.11. The van der Waals surface area contributed by atoms with E-state index in [-0.39, 0.29) is 13.0 Å². The molecule has 0 aliphatic carbocycles. The lowest BCUT2D eigenvalue weighted by molar-refractivity contribution is -0.187. The maximum atomic E-state index is 13.5. The highest BCUT2D eigenvalue weighted by molar-refractivity contribution is 6.09. The van der Waals surface area contributed by atoms with Crippen molar-refractivity contribution < 1.29 is 43.8 Å². The highest BCUT2D eigenvalue weighted by atomic mass is 16.7. The predicted molar refractivity (Wildman–Crippen MR) is 176 cm³/mol. The minimum Gasteiger partial charge on any atom is -0.481 e. The van der Waals surface area contributed by atoms with Gasteiger partial charge >= 0.3 is 5.97 Å². The van der Waals surface area contributed by atoms with Crippen LogP contribution in [0.2, 0.25) is 0 Å². The number of nitrogens with zero attached hydrogens (tertiary/aromatic N) is 1. The van der Waals surface area contributed by atoms with E-state index >= 15 is 0 Å². The van der Waals surface area contributed by atoms with E-state index in [1.165, 1.54) is 25.3 Å². The van der Waals surface area contributed by atoms with Crippen LogP contribution in [0.1, 0.15) is 103 Å². The Hall–Kier alpha value is -4.01. The summed E-state index contributed by atoms with van der Waals surface area (Å²) in [4.78, 5) is 67.9. The second kappa shape index (κ2) is 21.0. The summed E-state index contributed by atoms with van der Waals surface area (Å²) in [6, 6.07) is 5.28. The zero-order valence-corrected chi connectivity index (χ0v) is 27.9. The van der Waals surface area contributed by atoms with E-state index in [4.69, 9.17) is 9.57 Å². The van der Waals surface area contributed by atoms with Gasteiger partial charge in [0.1, 0.15) is 24.2 Å². The van der Waals surface area contributed by atoms with Crippen molar-refractivity contribution in [1.82, 2.24) is 10.4 Å². The van der Waals surface area contributed by atoms with Crippen molar-refractivity contribution in [2.24, 2.45) is 5.92 Å². The Bertz CT molecular complexity index is 1280. The number of hydrogen-bond acceptors (Lipinski definition) is 8. The van der Waals surface area contributed by atoms with Crippen LogP contribution in [-0.4, -0.2) is 70.1 Å². The summed E-state index contributed by atoms with van der Waals surface area (Å²) in [5.41, 5.74) is -1.85. The molecule has 47 heavy (non-hydrogen) atoms. The summed E-state index contributed by atoms with van der Waals surface area (Å²) in [5, 5.41) is 24.1. The Morgan fingerprint density at radius 3 is 2.23 bits per heavy atom. The summed E-state index contributed by atoms with van der Waals surface area (Å²) in [6.45, 7) is 4.07. The summed E-state index contributed by atoms with van der Waals surface area (Å²) in [7, 11) is 1.10. The molecule has 1 saturated heterocycles. The fourth-order valence-electron chi connectivity index (χ4n) is 5.39. The largest absolute Gasteiger partial charge is 0.481 e. The highest BCUT2D eigenvalue weighted by Gasteiger charge is 2.57. The van der Waals surface area contributed by atoms with Gasteiger partial charge in [0.25, 0.3) is 11.8 Å². The van der Waals surface area contributed by atoms with Gasteiger partial charge < -0.3 is 20.3 Å². The third-order valence-electron chi connectivity index (χ3n) is 8.11. The SMILES string of the molecule is CC#CCOc1ccc(C[C@H](NC(=O)[C@@H](/C=C/CCCCCCC(=O)CCCCCCC)[C@@]2(O)CC(=O)N(OC)C2=O)C(=O)O)cc1. The van der Waals surface area contributed by atoms with E-state index in [0.717, 1.165) is 45.6 Å². The molecule has 0 aromatic heterocycles. The molecular weight excluding hydrogens is 604 g/mol. The van der Waals surface area contributed by atoms with Gasteiger partial charge in [-0.25, -0.2) is 4.79 Å². The molecule has 3 atom stereocenters. The van der Waals surface area contributed by atoms with Gasteiger partial charge in [-0.05, 0) is 50.3 Å². The molecular formula is C36H50N2O9. The first-order valence-electron chi connectivity index (χ1n) is 16.5. The lowest BCUT2D eigenvalue weighted by Crippen LogP contribution is -2.54. The molecule has 0 radical (unpaired) electrons. The number of rotatable bonds is 23. The van der Waals surface area contributed by atoms with Crippen molar-refractivity contribution in [3.8, 4) is 17.6 Å². The van der Waals surface area contributed by atoms with Crippen LogP contribution in [0.5, 0.6) is 5.75 Å². The van der Waals surface area contributed by atoms with Gasteiger partial charge in [-0.1, -0.05) is 75.7 Å². The fraction of sp³-hybridized carbons (Fsp3) is 0.583. The summed E-state index contributed by atoms with van der Waals surface area (Å²) in [6.07, 6.45) is 12.8. The number of amides is 3. The van der Waals surface area contributed by atoms with Gasteiger partial charge in [0.2, 0.25) is 5.91 Å². The number of carboxylic acid groups (broad SMARTS) is 1. The van der Waals surface area contributed by atoms with Gasteiger partial charge in [-0.3, -0.25) is 24.0 Å². The van der Waals surface area contributed by atoms with E-state index in [1.54, 1.807) is 37.3 Å². The van der Waals surface area contributed by atoms with E-state index in [0.29, 0.717) is 41.4 Å². The number of Topliss-reactive ketones (excluding diaryl/α,β-unsaturated/α-hetero) is 1. The summed E-state index contributed by atoms with van der Waals surface area (Å²) < 4.78 is 5.48. The number of hydrogen-bond donors (Lipinski definition) is 3. The quantitative estimate of drug-likeness (QED) is 0.0658. The number of carboxylic acids is 1. The number of benzene rings is 1. The number of carbonyl (C=O) groups is 5. The van der Waals surface area contributed by atoms with Crippen molar-refractivity contribution in [2.75, 3.05) is 13.7 Å². The molecule has 1 fully saturated rings. The number of unbranched alkanes of at least 4 members (excludes halogenated alkanes) is 8. The highest BCUT2D eigenvalue weighted by Crippen LogP contribution is 2.33. The van der Waals surface area contributed by atoms with Gasteiger partial charge in [0.15, 0.2) is 5.60 Å². The summed E-state index contributed by atoms with van der Waals surface area (Å²) >= 11 is 0. The number of hydroxylamine groups is 2. The smallest absolute Gasteiger partial charge is 0.326 e. The number of carbonyl (C=O) groups excluding carboxylic acids is 4. The fourth-order valence-corrected chi connectivity index (χ4v) is 5.39. The van der Waals surface area contributed by atoms with Gasteiger partial charge in [0.05, 0.1) is 19.4 Å². The number of imide groups is 1. The second-order valence-corrected chi connectivity index (χ2v) is 11.8. The zero-order valence-electron chi connectivity index (χ0n) is 27.9. The van der Waals surface area contributed by atoms with Crippen LogP contribution in [0.4, 0.5) is 0 Å². The minimum absolute atomic E-state index is 0.0799. The number of aliphatic hydroxyl groups is 1. The van der Waals surface area contributed by atoms with Crippen LogP contribution in [-0.2, 0) is 35.2 Å². The lowest BCUT2D eigenvalue weighted by Gasteiger charge is -2.28. The summed E-state index contributed by atoms with van der Waals surface area (Å²) in [5.74, 6) is 0.665. The van der Waals surface area contributed by atoms with Crippen LogP contribution in [0.15, 0.2) is 36.4 Å². The average Bonchev–Trinajstić information content (AvgIpc) is 3.27. The third kappa shape index (κ3) is 13.0. The van der Waals surface area contributed by atoms with E-state index in [1.807, 2.05) is 0 Å². The number of ether oxygens (including phenoxy) is 1. The average molecular weight is 655 g/mol. The normalized spacial score (nSPS) is 17.3. The Labute approximate surface area is 278 Å². The number of allylic oxidation sites excluding steroid dienone is 1. The van der Waals surface area contributed by atoms with Crippen LogP contribution >= 0.6 is 0 Å². The number of ketones is 1. The predicted octanol–water partition coefficient (Wildman–Crippen LogP) is 4.69. The van der Waals surface area contributed by atoms with Crippen molar-refractivity contribution in [3.63, 3.8) is 0 Å². The topological polar surface area (TPSA) is 160 Å². The molecule has 11 nitrogen and oxygen atoms in total. The Balaban J connectivity index is 2.01. The maximum Gasteiger partial charge on any atom is 0.326 e. The second-order valence-electron chi connectivity index (χ2n) is 11.8. The standard InChI is InChI=1S/C36H50N2O9/c1-4-6-8-11-14-17-28(39)18-15-12-9-10-13-16-19-30(36(45)26-32(40)38(46-3)35(36)44)33(41)37-31(34(42)43)25-27-20-22-29(23-21-27)47-24-7-5-2/h16,19-23,30-31,45H,4,6,8-15,17-18,24-26H2,1-3H3,(H,37,41)(H,42,43)/b19-16+/t30-,31+,36+/m1/s1. The molecule has 0 spiro atoms. The van der Waals surface area contributed by atoms with Crippen LogP contribution < -0.4 is 10.1 Å². The molecule has 2 rings (SSSR count). The van der Waals surface area contributed by atoms with E-state index in [2.05, 4.69) is 24.1 Å². The van der Waals surface area contributed by atoms with Gasteiger partial charge in [0, 0.05) is 19.3 Å². The Morgan fingerprint density at radius 1 is 1.02 bits per heavy atom. The molecule has 3 amide bonds. The Morgan fingerprint density at radius 2 is 1.66 bits per heavy atom. The van der Waals surface area contributed by atoms with Crippen molar-refractivity contribution in [3.05, 3.63) is 42.0 Å². The molecule has 11 heteroatoms. The first-order valence-corrected chi connectivity index (χ1v) is 16.5. The lowest BCUT2D eigenvalue weighted by atomic mass is 9.84. The molecule has 258 valence electrons. The first-order chi connectivity index (χ1) is 22.6. The molecule has 1 aromatic rings. The van der Waals surface area contributed by atoms with Crippen LogP contribution in [0.25, 0.3) is 0 Å². The van der Waals surface area contributed by atoms with E-state index < -0.39 is 47.7 Å². The van der Waals surface area contributed by atoms with Crippen molar-refractivity contribution in [2.45, 2.75) is 115 Å². The zero-order chi connectivity index (χ0) is 34.7. The molecule has 3 N–H and O–H groups in total. The van der Waals surface area contributed by atoms with Gasteiger partial charge in [-0.2, -0.15) is 5.06 Å². The Kier molecular flexibility index (Phi) is 17.5. The monoisotopic (exact) mass is 654 g/mol. The van der Waals surface area contributed by atoms with Crippen molar-refractivity contribution in [1.29, 1.82) is 0 Å². The molecule has 1 aromatic carbocycles. The maximum absolute atomic E-state index is 13.5. The molecule has 1 aliphatic rings. The minimum atomic E-state index is -2.45. The number of aliphatic carboxylic acids is 1. The molecule has 0 unspecified atom stereocenters. The van der Waals surface area contributed by atoms with E-state index in [9.17, 15) is 34.2 Å².